The molecule has 0 amide bonds. The van der Waals surface area contributed by atoms with Crippen LogP contribution in [-0.4, -0.2) is 6.15 Å². The van der Waals surface area contributed by atoms with Gasteiger partial charge in [0.25, 0.3) is 0 Å². The highest BCUT2D eigenvalue weighted by Crippen LogP contribution is 0.787. The first-order chi connectivity index (χ1) is 1.41. The third kappa shape index (κ3) is 49.8. The SMILES string of the molecule is C.C.C.O=C=O.[HH].[HH].[HH]. The topological polar surface area (TPSA) is 34.1 Å². The lowest BCUT2D eigenvalue weighted by molar-refractivity contribution is -0.191. The summed E-state index contributed by atoms with van der Waals surface area (Å²) in [5.41, 5.74) is 0. The van der Waals surface area contributed by atoms with E-state index in [4.69, 9.17) is 9.59 Å². The standard InChI is InChI=1S/CO2.3CH4.3H2/c2-1-3;;;;;;/h;3*1H4;3*1H. The van der Waals surface area contributed by atoms with E-state index < -0.39 is 0 Å². The van der Waals surface area contributed by atoms with Crippen LogP contribution in [0.5, 0.6) is 0 Å². The summed E-state index contributed by atoms with van der Waals surface area (Å²) in [5.74, 6) is 0. The molecule has 2 heteroatoms. The fourth-order valence-electron chi connectivity index (χ4n) is 0. The van der Waals surface area contributed by atoms with Gasteiger partial charge >= 0.3 is 6.15 Å². The zero-order chi connectivity index (χ0) is 2.71. The Morgan fingerprint density at radius 2 is 1.00 bits per heavy atom. The van der Waals surface area contributed by atoms with E-state index in [1.165, 1.54) is 0 Å². The number of carbonyl (C=O) groups excluding carboxylic acids is 2. The molecular weight excluding hydrogens is 80.0 g/mol. The molecule has 0 radical (unpaired) electrons. The van der Waals surface area contributed by atoms with E-state index in [1.807, 2.05) is 0 Å². The second kappa shape index (κ2) is 347. The van der Waals surface area contributed by atoms with E-state index in [1.54, 1.807) is 0 Å². The molecule has 0 fully saturated rings. The Balaban J connectivity index is -0.00000000133. The highest BCUT2D eigenvalue weighted by atomic mass is 16.2. The summed E-state index contributed by atoms with van der Waals surface area (Å²) in [6.07, 6.45) is 0.250. The van der Waals surface area contributed by atoms with Gasteiger partial charge in [0.15, 0.2) is 0 Å². The lowest BCUT2D eigenvalue weighted by Crippen LogP contribution is -1.22. The van der Waals surface area contributed by atoms with Crippen molar-refractivity contribution in [2.75, 3.05) is 0 Å². The average Bonchev–Trinajstić information content (AvgIpc) is 0.918. The van der Waals surface area contributed by atoms with Crippen molar-refractivity contribution in [2.24, 2.45) is 0 Å². The monoisotopic (exact) mass is 98.1 g/mol. The van der Waals surface area contributed by atoms with Crippen molar-refractivity contribution in [3.05, 3.63) is 0 Å². The molecule has 0 N–H and O–H groups in total. The molecule has 0 aliphatic heterocycles. The maximum Gasteiger partial charge on any atom is 0.373 e. The summed E-state index contributed by atoms with van der Waals surface area (Å²) in [4.78, 5) is 16.2. The zero-order valence-electron chi connectivity index (χ0n) is 1.32. The molecular formula is C4H18O2. The van der Waals surface area contributed by atoms with Crippen LogP contribution in [0.2, 0.25) is 0 Å². The molecule has 0 aromatic heterocycles. The fourth-order valence-corrected chi connectivity index (χ4v) is 0. The van der Waals surface area contributed by atoms with E-state index >= 15 is 0 Å². The van der Waals surface area contributed by atoms with Crippen LogP contribution >= 0.6 is 0 Å². The summed E-state index contributed by atoms with van der Waals surface area (Å²) >= 11 is 0. The van der Waals surface area contributed by atoms with Gasteiger partial charge in [-0.3, -0.25) is 0 Å². The van der Waals surface area contributed by atoms with Crippen LogP contribution in [-0.2, 0) is 9.59 Å². The molecule has 0 unspecified atom stereocenters. The van der Waals surface area contributed by atoms with Crippen LogP contribution in [0.4, 0.5) is 0 Å². The third-order valence-electron chi connectivity index (χ3n) is 0. The van der Waals surface area contributed by atoms with Crippen molar-refractivity contribution in [1.29, 1.82) is 0 Å². The molecule has 0 spiro atoms. The second-order valence-electron chi connectivity index (χ2n) is 0.0833. The molecule has 0 aromatic rings. The van der Waals surface area contributed by atoms with Crippen LogP contribution in [0.3, 0.4) is 0 Å². The maximum atomic E-state index is 8.12. The Hall–Kier alpha value is -0.620. The minimum Gasteiger partial charge on any atom is -0.186 e. The quantitative estimate of drug-likeness (QED) is 0.464. The highest BCUT2D eigenvalue weighted by molar-refractivity contribution is 5.20. The molecule has 46 valence electrons. The van der Waals surface area contributed by atoms with Crippen LogP contribution < -0.4 is 0 Å². The molecule has 0 aliphatic rings. The van der Waals surface area contributed by atoms with E-state index in [2.05, 4.69) is 0 Å². The Bertz CT molecular complexity index is 34.8. The van der Waals surface area contributed by atoms with Gasteiger partial charge in [-0.1, -0.05) is 22.3 Å². The van der Waals surface area contributed by atoms with E-state index in [0.29, 0.717) is 0 Å². The van der Waals surface area contributed by atoms with Crippen molar-refractivity contribution in [3.63, 3.8) is 0 Å². The Morgan fingerprint density at radius 1 is 1.00 bits per heavy atom. The molecule has 0 bridgehead atoms. The average molecular weight is 98.2 g/mol. The van der Waals surface area contributed by atoms with Crippen molar-refractivity contribution >= 4 is 6.15 Å². The van der Waals surface area contributed by atoms with Gasteiger partial charge < -0.3 is 0 Å². The Kier molecular flexibility index (Phi) is 3130. The van der Waals surface area contributed by atoms with Gasteiger partial charge in [0.2, 0.25) is 0 Å². The van der Waals surface area contributed by atoms with Crippen LogP contribution in [0, 0.1) is 0 Å². The molecule has 0 atom stereocenters. The number of hydrogen-bond acceptors (Lipinski definition) is 2. The molecule has 0 rings (SSSR count). The first-order valence-electron chi connectivity index (χ1n) is 0.408. The maximum absolute atomic E-state index is 8.12. The Labute approximate surface area is 43.6 Å². The van der Waals surface area contributed by atoms with E-state index in [9.17, 15) is 0 Å². The fraction of sp³-hybridized carbons (Fsp3) is 0.750. The summed E-state index contributed by atoms with van der Waals surface area (Å²) in [7, 11) is 0. The predicted molar refractivity (Wildman–Crippen MR) is 31.5 cm³/mol. The summed E-state index contributed by atoms with van der Waals surface area (Å²) in [6, 6.07) is 0. The van der Waals surface area contributed by atoms with Crippen molar-refractivity contribution in [1.82, 2.24) is 0 Å². The van der Waals surface area contributed by atoms with Gasteiger partial charge in [-0.25, -0.2) is 0 Å². The lowest BCUT2D eigenvalue weighted by atomic mass is 11.8. The summed E-state index contributed by atoms with van der Waals surface area (Å²) in [6.45, 7) is 0. The number of hydrogen-bond donors (Lipinski definition) is 0. The molecule has 0 saturated heterocycles. The van der Waals surface area contributed by atoms with Gasteiger partial charge in [0, 0.05) is 4.28 Å². The normalized spacial score (nSPS) is 1.33. The first kappa shape index (κ1) is 54.2. The van der Waals surface area contributed by atoms with Crippen molar-refractivity contribution in [2.45, 2.75) is 22.3 Å². The number of rotatable bonds is 0. The van der Waals surface area contributed by atoms with E-state index in [-0.39, 0.29) is 32.7 Å². The van der Waals surface area contributed by atoms with Crippen molar-refractivity contribution < 1.29 is 13.9 Å². The van der Waals surface area contributed by atoms with Gasteiger partial charge in [0.05, 0.1) is 0 Å². The third-order valence-corrected chi connectivity index (χ3v) is 0. The Morgan fingerprint density at radius 3 is 1.00 bits per heavy atom. The molecule has 0 aliphatic carbocycles. The predicted octanol–water partition coefficient (Wildman–Crippen LogP) is 2.06. The summed E-state index contributed by atoms with van der Waals surface area (Å²) in [5, 5.41) is 0. The van der Waals surface area contributed by atoms with Gasteiger partial charge in [-0.2, -0.15) is 9.59 Å². The van der Waals surface area contributed by atoms with Gasteiger partial charge in [-0.05, 0) is 0 Å². The van der Waals surface area contributed by atoms with Gasteiger partial charge in [0.1, 0.15) is 0 Å². The summed E-state index contributed by atoms with van der Waals surface area (Å²) < 4.78 is 0. The molecule has 0 heterocycles. The molecule has 0 saturated carbocycles. The van der Waals surface area contributed by atoms with Crippen LogP contribution in [0.25, 0.3) is 0 Å². The second-order valence-corrected chi connectivity index (χ2v) is 0.0833. The van der Waals surface area contributed by atoms with Gasteiger partial charge in [-0.15, -0.1) is 0 Å². The first-order valence-corrected chi connectivity index (χ1v) is 0.408. The van der Waals surface area contributed by atoms with Crippen LogP contribution in [0.1, 0.15) is 26.6 Å². The minimum atomic E-state index is 0. The van der Waals surface area contributed by atoms with E-state index in [0.717, 1.165) is 0 Å². The molecule has 6 heavy (non-hydrogen) atoms. The lowest BCUT2D eigenvalue weighted by Gasteiger charge is -0.945. The smallest absolute Gasteiger partial charge is 0.186 e. The molecule has 0 aromatic carbocycles. The minimum absolute atomic E-state index is 0. The van der Waals surface area contributed by atoms with Crippen LogP contribution in [0.15, 0.2) is 0 Å². The highest BCUT2D eigenvalue weighted by Gasteiger charge is 1.13. The van der Waals surface area contributed by atoms with Crippen molar-refractivity contribution in [3.8, 4) is 0 Å². The molecule has 2 nitrogen and oxygen atoms in total. The largest absolute Gasteiger partial charge is 0.373 e. The zero-order valence-corrected chi connectivity index (χ0v) is 1.32.